The van der Waals surface area contributed by atoms with Crippen LogP contribution in [0.25, 0.3) is 22.8 Å². The van der Waals surface area contributed by atoms with Crippen molar-refractivity contribution in [3.05, 3.63) is 131 Å². The largest absolute Gasteiger partial charge is 0.476 e. The fraction of sp³-hybridized carbons (Fsp3) is 0.319. The highest BCUT2D eigenvalue weighted by Crippen LogP contribution is 2.24. The second-order valence-corrected chi connectivity index (χ2v) is 17.9. The van der Waals surface area contributed by atoms with Gasteiger partial charge >= 0.3 is 5.97 Å². The molecule has 22 heteroatoms. The molecule has 0 aliphatic rings. The van der Waals surface area contributed by atoms with Crippen LogP contribution < -0.4 is 16.4 Å². The van der Waals surface area contributed by atoms with E-state index >= 15 is 0 Å². The topological polar surface area (TPSA) is 253 Å². The van der Waals surface area contributed by atoms with Crippen molar-refractivity contribution in [3.63, 3.8) is 0 Å². The fourth-order valence-electron chi connectivity index (χ4n) is 6.46. The third kappa shape index (κ3) is 13.3. The van der Waals surface area contributed by atoms with Gasteiger partial charge < -0.3 is 21.5 Å². The van der Waals surface area contributed by atoms with E-state index in [9.17, 15) is 18.4 Å². The minimum absolute atomic E-state index is 0.109. The number of carbonyl (C=O) groups excluding carboxylic acids is 1. The van der Waals surface area contributed by atoms with E-state index in [0.29, 0.717) is 48.1 Å². The van der Waals surface area contributed by atoms with E-state index in [4.69, 9.17) is 10.8 Å². The van der Waals surface area contributed by atoms with Crippen molar-refractivity contribution >= 4 is 35.3 Å². The normalized spacial score (nSPS) is 11.3. The van der Waals surface area contributed by atoms with E-state index < -0.39 is 34.4 Å². The predicted molar refractivity (Wildman–Crippen MR) is 255 cm³/mol. The summed E-state index contributed by atoms with van der Waals surface area (Å²) < 4.78 is 33.4. The van der Waals surface area contributed by atoms with E-state index in [0.717, 1.165) is 39.6 Å². The minimum Gasteiger partial charge on any atom is -0.476 e. The molecule has 5 N–H and O–H groups in total. The molecule has 0 radical (unpaired) electrons. The Balaban J connectivity index is 0.000000190. The van der Waals surface area contributed by atoms with Crippen molar-refractivity contribution in [2.24, 2.45) is 19.8 Å². The van der Waals surface area contributed by atoms with Crippen molar-refractivity contribution in [1.29, 1.82) is 0 Å². The van der Waals surface area contributed by atoms with Crippen LogP contribution in [0.15, 0.2) is 86.0 Å². The molecule has 360 valence electrons. The SMILES string of the molecule is CC(C)(C)n1cc(F)c(C(=O)O)n1.Cc1cc(-c2ncnc(Nc3ccn(C)n3)n2)ccc1CCC(=O)c1nn(C(C)(C)C)cc1F.Cc1cc(-c2ncnc(Nc3ccn(C)n3)n2)ccc1CN. The first-order valence-corrected chi connectivity index (χ1v) is 21.7. The van der Waals surface area contributed by atoms with Crippen molar-refractivity contribution in [3.8, 4) is 22.8 Å². The zero-order valence-corrected chi connectivity index (χ0v) is 40.1. The molecule has 0 amide bonds. The van der Waals surface area contributed by atoms with Gasteiger partial charge in [-0.1, -0.05) is 24.3 Å². The van der Waals surface area contributed by atoms with Gasteiger partial charge in [0.05, 0.1) is 23.5 Å². The third-order valence-electron chi connectivity index (χ3n) is 10.3. The maximum atomic E-state index is 14.3. The molecule has 69 heavy (non-hydrogen) atoms. The average Bonchev–Trinajstić information content (AvgIpc) is 4.11. The number of nitrogens with two attached hydrogens (primary N) is 1. The smallest absolute Gasteiger partial charge is 0.359 e. The molecule has 0 atom stereocenters. The summed E-state index contributed by atoms with van der Waals surface area (Å²) in [6.45, 7) is 15.7. The van der Waals surface area contributed by atoms with Gasteiger partial charge in [0.15, 0.2) is 46.4 Å². The van der Waals surface area contributed by atoms with Gasteiger partial charge in [0, 0.05) is 62.7 Å². The van der Waals surface area contributed by atoms with Crippen molar-refractivity contribution in [1.82, 2.24) is 69.0 Å². The van der Waals surface area contributed by atoms with Crippen LogP contribution in [0.5, 0.6) is 0 Å². The lowest BCUT2D eigenvalue weighted by Gasteiger charge is -2.18. The van der Waals surface area contributed by atoms with Gasteiger partial charge in [-0.3, -0.25) is 23.5 Å². The van der Waals surface area contributed by atoms with Gasteiger partial charge in [-0.05, 0) is 96.2 Å². The Bertz CT molecular complexity index is 3070. The maximum absolute atomic E-state index is 14.3. The van der Waals surface area contributed by atoms with Gasteiger partial charge in [0.25, 0.3) is 0 Å². The lowest BCUT2D eigenvalue weighted by molar-refractivity contribution is 0.0683. The number of Topliss-reactive ketones (excluding diaryl/α,β-unsaturated/α-hetero) is 1. The molecule has 0 unspecified atom stereocenters. The van der Waals surface area contributed by atoms with E-state index in [-0.39, 0.29) is 17.9 Å². The number of nitrogens with zero attached hydrogens (tertiary/aromatic N) is 14. The summed E-state index contributed by atoms with van der Waals surface area (Å²) in [7, 11) is 3.68. The fourth-order valence-corrected chi connectivity index (χ4v) is 6.46. The molecule has 2 aromatic carbocycles. The molecule has 0 aliphatic heterocycles. The Hall–Kier alpha value is -8.14. The van der Waals surface area contributed by atoms with E-state index in [1.807, 2.05) is 130 Å². The highest BCUT2D eigenvalue weighted by atomic mass is 19.1. The van der Waals surface area contributed by atoms with Gasteiger partial charge in [-0.15, -0.1) is 0 Å². The van der Waals surface area contributed by atoms with Gasteiger partial charge in [-0.2, -0.15) is 30.4 Å². The Labute approximate surface area is 397 Å². The van der Waals surface area contributed by atoms with Crippen molar-refractivity contribution < 1.29 is 23.5 Å². The Morgan fingerprint density at radius 2 is 1.10 bits per heavy atom. The van der Waals surface area contributed by atoms with Crippen molar-refractivity contribution in [2.75, 3.05) is 10.6 Å². The Morgan fingerprint density at radius 3 is 1.48 bits per heavy atom. The van der Waals surface area contributed by atoms with E-state index in [2.05, 4.69) is 60.9 Å². The monoisotopic (exact) mass is 943 g/mol. The molecular formula is C47H55F2N17O3. The number of aryl methyl sites for hydroxylation is 5. The molecule has 0 saturated heterocycles. The molecule has 6 heterocycles. The third-order valence-corrected chi connectivity index (χ3v) is 10.3. The van der Waals surface area contributed by atoms with Crippen LogP contribution in [0.3, 0.4) is 0 Å². The van der Waals surface area contributed by atoms with Crippen LogP contribution in [0, 0.1) is 25.5 Å². The van der Waals surface area contributed by atoms with E-state index in [1.165, 1.54) is 28.2 Å². The number of carboxylic acids is 1. The zero-order chi connectivity index (χ0) is 50.2. The van der Waals surface area contributed by atoms with Crippen LogP contribution in [-0.4, -0.2) is 85.9 Å². The lowest BCUT2D eigenvalue weighted by Crippen LogP contribution is -2.22. The quantitative estimate of drug-likeness (QED) is 0.0866. The molecule has 0 saturated carbocycles. The van der Waals surface area contributed by atoms with Crippen LogP contribution in [0.1, 0.15) is 91.2 Å². The molecular weight excluding hydrogens is 889 g/mol. The Kier molecular flexibility index (Phi) is 15.5. The number of carboxylic acid groups (broad SMARTS) is 1. The summed E-state index contributed by atoms with van der Waals surface area (Å²) in [5, 5.41) is 30.9. The summed E-state index contributed by atoms with van der Waals surface area (Å²) in [4.78, 5) is 48.8. The first-order chi connectivity index (χ1) is 32.6. The van der Waals surface area contributed by atoms with Crippen LogP contribution >= 0.6 is 0 Å². The van der Waals surface area contributed by atoms with Gasteiger partial charge in [0.1, 0.15) is 12.7 Å². The summed E-state index contributed by atoms with van der Waals surface area (Å²) >= 11 is 0. The highest BCUT2D eigenvalue weighted by Gasteiger charge is 2.23. The summed E-state index contributed by atoms with van der Waals surface area (Å²) in [6, 6.07) is 15.5. The molecule has 0 aliphatic carbocycles. The number of benzene rings is 2. The van der Waals surface area contributed by atoms with Gasteiger partial charge in [-0.25, -0.2) is 33.5 Å². The number of ketones is 1. The number of halogens is 2. The summed E-state index contributed by atoms with van der Waals surface area (Å²) in [5.74, 6) is 0.270. The number of rotatable bonds is 12. The molecule has 8 rings (SSSR count). The summed E-state index contributed by atoms with van der Waals surface area (Å²) in [5.41, 5.74) is 10.2. The number of carbonyl (C=O) groups is 2. The first kappa shape index (κ1) is 50.3. The maximum Gasteiger partial charge on any atom is 0.359 e. The summed E-state index contributed by atoms with van der Waals surface area (Å²) in [6.07, 6.45) is 9.61. The van der Waals surface area contributed by atoms with Gasteiger partial charge in [0.2, 0.25) is 17.6 Å². The number of anilines is 4. The molecule has 8 aromatic rings. The first-order valence-electron chi connectivity index (χ1n) is 21.7. The number of nitrogens with one attached hydrogen (secondary N) is 2. The number of aromatic carboxylic acids is 1. The molecule has 6 aromatic heterocycles. The van der Waals surface area contributed by atoms with Crippen molar-refractivity contribution in [2.45, 2.75) is 85.9 Å². The number of hydrogen-bond acceptors (Lipinski definition) is 15. The second kappa shape index (κ2) is 21.2. The second-order valence-electron chi connectivity index (χ2n) is 17.9. The van der Waals surface area contributed by atoms with E-state index in [1.54, 1.807) is 9.36 Å². The predicted octanol–water partition coefficient (Wildman–Crippen LogP) is 7.49. The molecule has 0 spiro atoms. The molecule has 0 bridgehead atoms. The number of hydrogen-bond donors (Lipinski definition) is 4. The average molecular weight is 944 g/mol. The molecule has 20 nitrogen and oxygen atoms in total. The zero-order valence-electron chi connectivity index (χ0n) is 40.1. The minimum atomic E-state index is -1.35. The number of aromatic nitrogens is 14. The Morgan fingerprint density at radius 1 is 0.652 bits per heavy atom. The lowest BCUT2D eigenvalue weighted by atomic mass is 9.99. The van der Waals surface area contributed by atoms with Crippen LogP contribution in [-0.2, 0) is 38.1 Å². The highest BCUT2D eigenvalue weighted by molar-refractivity contribution is 5.94. The standard InChI is InChI=1S/C24H27FN8O.C15H17N7.C8H11FN2O2/c1-15-12-17(22-26-14-27-23(29-22)28-20-10-11-32(5)30-20)7-6-16(15)8-9-19(34)21-18(25)13-33(31-21)24(2,3)4;1-10-7-11(3-4-12(10)8-16)14-17-9-18-15(20-14)19-13-5-6-22(2)21-13;1-8(2,3)11-4-5(9)6(10-11)7(12)13/h6-7,10-14H,8-9H2,1-5H3,(H,26,27,28,29,30);3-7,9H,8,16H2,1-2H3,(H,17,18,19,20,21);4H,1-3H3,(H,12,13). The molecule has 0 fully saturated rings. The van der Waals surface area contributed by atoms with Crippen LogP contribution in [0.2, 0.25) is 0 Å². The van der Waals surface area contributed by atoms with Crippen LogP contribution in [0.4, 0.5) is 32.3 Å².